The second kappa shape index (κ2) is 4.20. The fraction of sp³-hybridized carbons (Fsp3) is 0.385. The fourth-order valence-electron chi connectivity index (χ4n) is 2.27. The molecule has 1 amide bonds. The van der Waals surface area contributed by atoms with E-state index in [1.54, 1.807) is 0 Å². The summed E-state index contributed by atoms with van der Waals surface area (Å²) in [6.45, 7) is 4.12. The number of hydrogen-bond acceptors (Lipinski definition) is 1. The van der Waals surface area contributed by atoms with E-state index in [-0.39, 0.29) is 23.7 Å². The number of rotatable bonds is 2. The Morgan fingerprint density at radius 2 is 1.82 bits per heavy atom. The molecule has 0 aromatic heterocycles. The molecule has 2 unspecified atom stereocenters. The summed E-state index contributed by atoms with van der Waals surface area (Å²) in [6.07, 6.45) is 0.846. The molecule has 1 aromatic rings. The zero-order valence-electron chi connectivity index (χ0n) is 10.1. The standard InChI is InChI=1S/C13H17N3O/c1-7-3-8(2)5-9(4-7)10-6-11(10)12(17)16-13(14)15/h3-5,10-11H,6H2,1-2H3,(H4,14,15,16,17). The normalized spacial score (nSPS) is 22.0. The van der Waals surface area contributed by atoms with Crippen LogP contribution in [-0.2, 0) is 4.79 Å². The Kier molecular flexibility index (Phi) is 2.88. The van der Waals surface area contributed by atoms with Gasteiger partial charge in [-0.05, 0) is 31.7 Å². The molecule has 1 aliphatic rings. The van der Waals surface area contributed by atoms with Gasteiger partial charge in [0, 0.05) is 5.92 Å². The Morgan fingerprint density at radius 3 is 2.35 bits per heavy atom. The molecule has 0 bridgehead atoms. The topological polar surface area (TPSA) is 81.5 Å². The van der Waals surface area contributed by atoms with Gasteiger partial charge in [0.15, 0.2) is 5.96 Å². The molecule has 0 radical (unpaired) electrons. The van der Waals surface area contributed by atoms with Crippen molar-refractivity contribution in [3.8, 4) is 0 Å². The van der Waals surface area contributed by atoms with Crippen LogP contribution < -0.4 is 11.5 Å². The number of carbonyl (C=O) groups excluding carboxylic acids is 1. The van der Waals surface area contributed by atoms with Crippen LogP contribution in [0.3, 0.4) is 0 Å². The summed E-state index contributed by atoms with van der Waals surface area (Å²) in [5, 5.41) is 0. The minimum absolute atomic E-state index is 0.0432. The minimum Gasteiger partial charge on any atom is -0.370 e. The Labute approximate surface area is 101 Å². The van der Waals surface area contributed by atoms with Gasteiger partial charge in [-0.15, -0.1) is 0 Å². The van der Waals surface area contributed by atoms with Crippen LogP contribution in [0.4, 0.5) is 0 Å². The summed E-state index contributed by atoms with van der Waals surface area (Å²) < 4.78 is 0. The summed E-state index contributed by atoms with van der Waals surface area (Å²) in [4.78, 5) is 15.2. The molecule has 2 atom stereocenters. The van der Waals surface area contributed by atoms with Gasteiger partial charge in [0.05, 0.1) is 0 Å². The maximum Gasteiger partial charge on any atom is 0.252 e. The van der Waals surface area contributed by atoms with Crippen molar-refractivity contribution in [3.05, 3.63) is 34.9 Å². The van der Waals surface area contributed by atoms with Crippen molar-refractivity contribution < 1.29 is 4.79 Å². The lowest BCUT2D eigenvalue weighted by atomic mass is 10.0. The van der Waals surface area contributed by atoms with E-state index in [4.69, 9.17) is 11.5 Å². The second-order valence-electron chi connectivity index (χ2n) is 4.74. The van der Waals surface area contributed by atoms with Crippen LogP contribution in [0.5, 0.6) is 0 Å². The first-order chi connectivity index (χ1) is 7.97. The lowest BCUT2D eigenvalue weighted by Gasteiger charge is -2.03. The molecule has 17 heavy (non-hydrogen) atoms. The highest BCUT2D eigenvalue weighted by Gasteiger charge is 2.44. The Balaban J connectivity index is 2.13. The van der Waals surface area contributed by atoms with Gasteiger partial charge in [-0.25, -0.2) is 0 Å². The van der Waals surface area contributed by atoms with E-state index in [2.05, 4.69) is 37.0 Å². The zero-order chi connectivity index (χ0) is 12.6. The first-order valence-electron chi connectivity index (χ1n) is 5.69. The molecule has 0 aliphatic heterocycles. The molecular weight excluding hydrogens is 214 g/mol. The zero-order valence-corrected chi connectivity index (χ0v) is 10.1. The smallest absolute Gasteiger partial charge is 0.252 e. The molecular formula is C13H17N3O. The SMILES string of the molecule is Cc1cc(C)cc(C2CC2C(=O)N=C(N)N)c1. The van der Waals surface area contributed by atoms with E-state index in [0.29, 0.717) is 0 Å². The summed E-state index contributed by atoms with van der Waals surface area (Å²) >= 11 is 0. The number of carbonyl (C=O) groups is 1. The van der Waals surface area contributed by atoms with Crippen molar-refractivity contribution in [2.45, 2.75) is 26.2 Å². The van der Waals surface area contributed by atoms with E-state index < -0.39 is 0 Å². The van der Waals surface area contributed by atoms with Crippen LogP contribution >= 0.6 is 0 Å². The molecule has 0 spiro atoms. The first-order valence-corrected chi connectivity index (χ1v) is 5.69. The monoisotopic (exact) mass is 231 g/mol. The van der Waals surface area contributed by atoms with Crippen LogP contribution in [0.15, 0.2) is 23.2 Å². The summed E-state index contributed by atoms with van der Waals surface area (Å²) in [5.74, 6) is -0.113. The highest BCUT2D eigenvalue weighted by atomic mass is 16.1. The summed E-state index contributed by atoms with van der Waals surface area (Å²) in [7, 11) is 0. The van der Waals surface area contributed by atoms with Crippen LogP contribution in [-0.4, -0.2) is 11.9 Å². The van der Waals surface area contributed by atoms with E-state index in [0.717, 1.165) is 6.42 Å². The molecule has 1 aliphatic carbocycles. The molecule has 4 N–H and O–H groups in total. The molecule has 1 fully saturated rings. The number of hydrogen-bond donors (Lipinski definition) is 2. The van der Waals surface area contributed by atoms with Gasteiger partial charge in [-0.2, -0.15) is 4.99 Å². The van der Waals surface area contributed by atoms with Crippen molar-refractivity contribution in [2.75, 3.05) is 0 Å². The van der Waals surface area contributed by atoms with Crippen LogP contribution in [0, 0.1) is 19.8 Å². The third-order valence-corrected chi connectivity index (χ3v) is 3.02. The Hall–Kier alpha value is -1.84. The average Bonchev–Trinajstić information content (AvgIpc) is 2.93. The fourth-order valence-corrected chi connectivity index (χ4v) is 2.27. The van der Waals surface area contributed by atoms with Gasteiger partial charge in [0.2, 0.25) is 0 Å². The highest BCUT2D eigenvalue weighted by molar-refractivity contribution is 5.94. The molecule has 2 rings (SSSR count). The maximum atomic E-state index is 11.6. The van der Waals surface area contributed by atoms with Crippen molar-refractivity contribution in [2.24, 2.45) is 22.4 Å². The second-order valence-corrected chi connectivity index (χ2v) is 4.74. The number of nitrogens with zero attached hydrogens (tertiary/aromatic N) is 1. The largest absolute Gasteiger partial charge is 0.370 e. The Bertz CT molecular complexity index is 469. The van der Waals surface area contributed by atoms with E-state index >= 15 is 0 Å². The number of aryl methyl sites for hydroxylation is 2. The van der Waals surface area contributed by atoms with Crippen LogP contribution in [0.1, 0.15) is 29.0 Å². The molecule has 1 aromatic carbocycles. The predicted molar refractivity (Wildman–Crippen MR) is 67.6 cm³/mol. The predicted octanol–water partition coefficient (Wildman–Crippen LogP) is 1.21. The third kappa shape index (κ3) is 2.64. The van der Waals surface area contributed by atoms with Gasteiger partial charge in [0.25, 0.3) is 5.91 Å². The van der Waals surface area contributed by atoms with Crippen LogP contribution in [0.2, 0.25) is 0 Å². The third-order valence-electron chi connectivity index (χ3n) is 3.02. The average molecular weight is 231 g/mol. The first kappa shape index (κ1) is 11.6. The van der Waals surface area contributed by atoms with Gasteiger partial charge in [0.1, 0.15) is 0 Å². The number of benzene rings is 1. The lowest BCUT2D eigenvalue weighted by molar-refractivity contribution is -0.119. The van der Waals surface area contributed by atoms with Crippen LogP contribution in [0.25, 0.3) is 0 Å². The summed E-state index contributed by atoms with van der Waals surface area (Å²) in [5.41, 5.74) is 14.1. The number of aliphatic imine (C=N–C) groups is 1. The number of amides is 1. The number of nitrogens with two attached hydrogens (primary N) is 2. The van der Waals surface area contributed by atoms with E-state index in [1.807, 2.05) is 0 Å². The van der Waals surface area contributed by atoms with E-state index in [1.165, 1.54) is 16.7 Å². The molecule has 4 heteroatoms. The molecule has 1 saturated carbocycles. The van der Waals surface area contributed by atoms with Crippen molar-refractivity contribution in [1.29, 1.82) is 0 Å². The van der Waals surface area contributed by atoms with Gasteiger partial charge < -0.3 is 11.5 Å². The quantitative estimate of drug-likeness (QED) is 0.593. The van der Waals surface area contributed by atoms with Gasteiger partial charge in [-0.3, -0.25) is 4.79 Å². The molecule has 0 saturated heterocycles. The molecule has 90 valence electrons. The number of guanidine groups is 1. The van der Waals surface area contributed by atoms with E-state index in [9.17, 15) is 4.79 Å². The van der Waals surface area contributed by atoms with Crippen molar-refractivity contribution >= 4 is 11.9 Å². The summed E-state index contributed by atoms with van der Waals surface area (Å²) in [6, 6.07) is 6.37. The van der Waals surface area contributed by atoms with Gasteiger partial charge in [-0.1, -0.05) is 29.3 Å². The minimum atomic E-state index is -0.200. The van der Waals surface area contributed by atoms with Crippen molar-refractivity contribution in [1.82, 2.24) is 0 Å². The molecule has 4 nitrogen and oxygen atoms in total. The Morgan fingerprint density at radius 1 is 1.24 bits per heavy atom. The highest BCUT2D eigenvalue weighted by Crippen LogP contribution is 2.48. The maximum absolute atomic E-state index is 11.6. The van der Waals surface area contributed by atoms with Crippen molar-refractivity contribution in [3.63, 3.8) is 0 Å². The van der Waals surface area contributed by atoms with Gasteiger partial charge >= 0.3 is 0 Å². The molecule has 0 heterocycles. The lowest BCUT2D eigenvalue weighted by Crippen LogP contribution is -2.24.